The minimum absolute atomic E-state index is 0.205. The Balaban J connectivity index is 2.25. The number of benzene rings is 1. The second-order valence-corrected chi connectivity index (χ2v) is 6.47. The number of nitrogens with zero attached hydrogens (tertiary/aromatic N) is 3. The van der Waals surface area contributed by atoms with Gasteiger partial charge in [0, 0.05) is 32.0 Å². The van der Waals surface area contributed by atoms with Gasteiger partial charge in [-0.05, 0) is 37.0 Å². The zero-order chi connectivity index (χ0) is 17.7. The van der Waals surface area contributed by atoms with Crippen molar-refractivity contribution in [3.63, 3.8) is 0 Å². The number of aryl methyl sites for hydroxylation is 1. The van der Waals surface area contributed by atoms with Gasteiger partial charge in [-0.15, -0.1) is 0 Å². The highest BCUT2D eigenvalue weighted by atomic mass is 19.1. The molecule has 0 aliphatic rings. The van der Waals surface area contributed by atoms with Crippen molar-refractivity contribution < 1.29 is 9.13 Å². The SMILES string of the molecule is COCc1nc(C)cc(N(C)[C@H](Cc2ccc(F)cc2)C(C)C)n1. The summed E-state index contributed by atoms with van der Waals surface area (Å²) >= 11 is 0. The summed E-state index contributed by atoms with van der Waals surface area (Å²) in [6.07, 6.45) is 0.830. The Hall–Kier alpha value is -2.01. The molecule has 1 aromatic heterocycles. The molecule has 0 amide bonds. The van der Waals surface area contributed by atoms with E-state index in [2.05, 4.69) is 28.7 Å². The van der Waals surface area contributed by atoms with E-state index in [9.17, 15) is 4.39 Å². The van der Waals surface area contributed by atoms with Crippen molar-refractivity contribution >= 4 is 5.82 Å². The molecule has 2 rings (SSSR count). The van der Waals surface area contributed by atoms with Gasteiger partial charge in [0.2, 0.25) is 0 Å². The molecule has 0 spiro atoms. The Morgan fingerprint density at radius 2 is 1.83 bits per heavy atom. The first-order chi connectivity index (χ1) is 11.4. The van der Waals surface area contributed by atoms with Crippen molar-refractivity contribution in [2.75, 3.05) is 19.1 Å². The molecule has 5 heteroatoms. The molecule has 0 aliphatic carbocycles. The summed E-state index contributed by atoms with van der Waals surface area (Å²) in [5.41, 5.74) is 2.04. The highest BCUT2D eigenvalue weighted by molar-refractivity contribution is 5.41. The van der Waals surface area contributed by atoms with Crippen molar-refractivity contribution in [1.29, 1.82) is 0 Å². The molecular weight excluding hydrogens is 305 g/mol. The highest BCUT2D eigenvalue weighted by Gasteiger charge is 2.21. The van der Waals surface area contributed by atoms with E-state index in [-0.39, 0.29) is 11.9 Å². The van der Waals surface area contributed by atoms with E-state index in [0.717, 1.165) is 23.5 Å². The predicted molar refractivity (Wildman–Crippen MR) is 94.6 cm³/mol. The quantitative estimate of drug-likeness (QED) is 0.774. The fourth-order valence-corrected chi connectivity index (χ4v) is 2.84. The normalized spacial score (nSPS) is 12.5. The van der Waals surface area contributed by atoms with Crippen LogP contribution in [-0.2, 0) is 17.8 Å². The summed E-state index contributed by atoms with van der Waals surface area (Å²) in [4.78, 5) is 11.2. The summed E-state index contributed by atoms with van der Waals surface area (Å²) in [5, 5.41) is 0. The van der Waals surface area contributed by atoms with Crippen LogP contribution in [0.25, 0.3) is 0 Å². The third-order valence-electron chi connectivity index (χ3n) is 4.15. The maximum absolute atomic E-state index is 13.1. The lowest BCUT2D eigenvalue weighted by molar-refractivity contribution is 0.177. The fourth-order valence-electron chi connectivity index (χ4n) is 2.84. The summed E-state index contributed by atoms with van der Waals surface area (Å²) < 4.78 is 18.3. The molecule has 0 saturated heterocycles. The van der Waals surface area contributed by atoms with Crippen LogP contribution in [0.1, 0.15) is 30.9 Å². The lowest BCUT2D eigenvalue weighted by Crippen LogP contribution is -2.38. The Morgan fingerprint density at radius 1 is 1.17 bits per heavy atom. The van der Waals surface area contributed by atoms with Gasteiger partial charge in [-0.3, -0.25) is 0 Å². The van der Waals surface area contributed by atoms with Gasteiger partial charge >= 0.3 is 0 Å². The van der Waals surface area contributed by atoms with Gasteiger partial charge in [0.25, 0.3) is 0 Å². The molecule has 2 aromatic rings. The van der Waals surface area contributed by atoms with Crippen LogP contribution in [0.5, 0.6) is 0 Å². The number of rotatable bonds is 7. The number of aromatic nitrogens is 2. The van der Waals surface area contributed by atoms with Gasteiger partial charge in [0.1, 0.15) is 18.2 Å². The average molecular weight is 331 g/mol. The van der Waals surface area contributed by atoms with E-state index in [1.807, 2.05) is 32.2 Å². The fraction of sp³-hybridized carbons (Fsp3) is 0.474. The number of hydrogen-bond acceptors (Lipinski definition) is 4. The number of ether oxygens (including phenoxy) is 1. The number of likely N-dealkylation sites (N-methyl/N-ethyl adjacent to an activating group) is 1. The lowest BCUT2D eigenvalue weighted by Gasteiger charge is -2.32. The van der Waals surface area contributed by atoms with Gasteiger partial charge in [-0.25, -0.2) is 14.4 Å². The molecule has 0 N–H and O–H groups in total. The molecule has 0 unspecified atom stereocenters. The Labute approximate surface area is 143 Å². The van der Waals surface area contributed by atoms with Gasteiger partial charge in [0.05, 0.1) is 0 Å². The Morgan fingerprint density at radius 3 is 2.42 bits per heavy atom. The predicted octanol–water partition coefficient (Wildman–Crippen LogP) is 3.77. The van der Waals surface area contributed by atoms with Crippen LogP contribution in [0.4, 0.5) is 10.2 Å². The molecule has 130 valence electrons. The topological polar surface area (TPSA) is 38.2 Å². The van der Waals surface area contributed by atoms with Gasteiger partial charge < -0.3 is 9.64 Å². The smallest absolute Gasteiger partial charge is 0.156 e. The lowest BCUT2D eigenvalue weighted by atomic mass is 9.95. The average Bonchev–Trinajstić information content (AvgIpc) is 2.53. The van der Waals surface area contributed by atoms with Crippen LogP contribution in [0.2, 0.25) is 0 Å². The van der Waals surface area contributed by atoms with Crippen LogP contribution >= 0.6 is 0 Å². The minimum Gasteiger partial charge on any atom is -0.377 e. The second kappa shape index (κ2) is 8.20. The number of halogens is 1. The minimum atomic E-state index is -0.205. The standard InChI is InChI=1S/C19H26FN3O/c1-13(2)17(11-15-6-8-16(20)9-7-15)23(4)19-10-14(3)21-18(22-19)12-24-5/h6-10,13,17H,11-12H2,1-5H3/t17-/m1/s1. The molecule has 0 aliphatic heterocycles. The zero-order valence-corrected chi connectivity index (χ0v) is 15.1. The third kappa shape index (κ3) is 4.74. The van der Waals surface area contributed by atoms with Crippen molar-refractivity contribution in [3.8, 4) is 0 Å². The van der Waals surface area contributed by atoms with Crippen LogP contribution in [0, 0.1) is 18.7 Å². The first kappa shape index (κ1) is 18.3. The van der Waals surface area contributed by atoms with Gasteiger partial charge in [0.15, 0.2) is 5.82 Å². The van der Waals surface area contributed by atoms with E-state index in [0.29, 0.717) is 18.3 Å². The maximum atomic E-state index is 13.1. The summed E-state index contributed by atoms with van der Waals surface area (Å²) in [6.45, 7) is 6.74. The number of methoxy groups -OCH3 is 1. The van der Waals surface area contributed by atoms with E-state index in [4.69, 9.17) is 4.74 Å². The van der Waals surface area contributed by atoms with E-state index in [1.54, 1.807) is 7.11 Å². The van der Waals surface area contributed by atoms with Crippen molar-refractivity contribution in [2.45, 2.75) is 39.8 Å². The van der Waals surface area contributed by atoms with E-state index in [1.165, 1.54) is 12.1 Å². The third-order valence-corrected chi connectivity index (χ3v) is 4.15. The number of anilines is 1. The van der Waals surface area contributed by atoms with Crippen molar-refractivity contribution in [3.05, 3.63) is 53.2 Å². The molecule has 0 saturated carbocycles. The summed E-state index contributed by atoms with van der Waals surface area (Å²) in [6, 6.07) is 8.95. The Bertz CT molecular complexity index is 658. The summed E-state index contributed by atoms with van der Waals surface area (Å²) in [7, 11) is 3.69. The van der Waals surface area contributed by atoms with Crippen LogP contribution in [-0.4, -0.2) is 30.2 Å². The van der Waals surface area contributed by atoms with Gasteiger partial charge in [-0.2, -0.15) is 0 Å². The number of hydrogen-bond donors (Lipinski definition) is 0. The van der Waals surface area contributed by atoms with Crippen molar-refractivity contribution in [2.24, 2.45) is 5.92 Å². The van der Waals surface area contributed by atoms with E-state index < -0.39 is 0 Å². The van der Waals surface area contributed by atoms with Gasteiger partial charge in [-0.1, -0.05) is 26.0 Å². The molecule has 1 aromatic carbocycles. The Kier molecular flexibility index (Phi) is 6.26. The molecule has 1 heterocycles. The maximum Gasteiger partial charge on any atom is 0.156 e. The largest absolute Gasteiger partial charge is 0.377 e. The highest BCUT2D eigenvalue weighted by Crippen LogP contribution is 2.22. The molecule has 0 radical (unpaired) electrons. The van der Waals surface area contributed by atoms with Crippen LogP contribution < -0.4 is 4.90 Å². The van der Waals surface area contributed by atoms with Crippen LogP contribution in [0.15, 0.2) is 30.3 Å². The molecule has 4 nitrogen and oxygen atoms in total. The van der Waals surface area contributed by atoms with Crippen molar-refractivity contribution in [1.82, 2.24) is 9.97 Å². The molecule has 24 heavy (non-hydrogen) atoms. The zero-order valence-electron chi connectivity index (χ0n) is 15.1. The monoisotopic (exact) mass is 331 g/mol. The molecule has 1 atom stereocenters. The molecule has 0 fully saturated rings. The summed E-state index contributed by atoms with van der Waals surface area (Å²) in [5.74, 6) is 1.78. The first-order valence-electron chi connectivity index (χ1n) is 8.21. The van der Waals surface area contributed by atoms with E-state index >= 15 is 0 Å². The first-order valence-corrected chi connectivity index (χ1v) is 8.21. The van der Waals surface area contributed by atoms with Crippen LogP contribution in [0.3, 0.4) is 0 Å². The second-order valence-electron chi connectivity index (χ2n) is 6.47. The molecule has 0 bridgehead atoms. The molecular formula is C19H26FN3O.